The number of benzene rings is 1. The van der Waals surface area contributed by atoms with Gasteiger partial charge in [0, 0.05) is 19.5 Å². The molecule has 0 spiro atoms. The third kappa shape index (κ3) is 1.58. The second-order valence-electron chi connectivity index (χ2n) is 4.63. The molecule has 0 aliphatic carbocycles. The second kappa shape index (κ2) is 4.20. The second-order valence-corrected chi connectivity index (χ2v) is 4.63. The number of hydrogen-bond acceptors (Lipinski definition) is 3. The third-order valence-electron chi connectivity index (χ3n) is 3.51. The Morgan fingerprint density at radius 3 is 2.79 bits per heavy atom. The number of imidazole rings is 1. The van der Waals surface area contributed by atoms with E-state index in [2.05, 4.69) is 4.98 Å². The van der Waals surface area contributed by atoms with E-state index in [-0.39, 0.29) is 6.61 Å². The maximum Gasteiger partial charge on any atom is 0.226 e. The molecule has 1 N–H and O–H groups in total. The number of para-hydroxylation sites is 1. The fourth-order valence-corrected chi connectivity index (χ4v) is 2.59. The first-order valence-electron chi connectivity index (χ1n) is 6.23. The third-order valence-corrected chi connectivity index (χ3v) is 3.51. The predicted octanol–water partition coefficient (Wildman–Crippen LogP) is 1.43. The predicted molar refractivity (Wildman–Crippen MR) is 72.8 cm³/mol. The fourth-order valence-electron chi connectivity index (χ4n) is 2.59. The van der Waals surface area contributed by atoms with Gasteiger partial charge in [0.15, 0.2) is 5.52 Å². The Hall–Kier alpha value is -2.14. The average Bonchev–Trinajstić information content (AvgIpc) is 2.74. The minimum absolute atomic E-state index is 0.0476. The molecule has 0 aliphatic heterocycles. The highest BCUT2D eigenvalue weighted by Crippen LogP contribution is 2.25. The summed E-state index contributed by atoms with van der Waals surface area (Å²) in [5.41, 5.74) is 2.85. The van der Waals surface area contributed by atoms with Crippen molar-refractivity contribution >= 4 is 21.9 Å². The number of aliphatic hydroxyl groups is 1. The number of aromatic nitrogens is 3. The van der Waals surface area contributed by atoms with Gasteiger partial charge in [-0.1, -0.05) is 12.1 Å². The van der Waals surface area contributed by atoms with Crippen molar-refractivity contribution in [2.24, 2.45) is 0 Å². The summed E-state index contributed by atoms with van der Waals surface area (Å²) in [4.78, 5) is 4.47. The fraction of sp³-hybridized carbons (Fsp3) is 0.286. The van der Waals surface area contributed by atoms with E-state index in [1.165, 1.54) is 0 Å². The van der Waals surface area contributed by atoms with Gasteiger partial charge in [0.1, 0.15) is 5.82 Å². The lowest BCUT2D eigenvalue weighted by molar-refractivity contribution is -0.582. The molecule has 19 heavy (non-hydrogen) atoms. The number of aliphatic hydroxyl groups excluding tert-OH is 1. The zero-order valence-corrected chi connectivity index (χ0v) is 10.9. The van der Waals surface area contributed by atoms with Crippen molar-refractivity contribution in [3.05, 3.63) is 41.0 Å². The Bertz CT molecular complexity index is 777. The van der Waals surface area contributed by atoms with Gasteiger partial charge in [-0.05, 0) is 13.0 Å². The van der Waals surface area contributed by atoms with Crippen molar-refractivity contribution in [1.29, 1.82) is 0 Å². The molecule has 5 nitrogen and oxygen atoms in total. The van der Waals surface area contributed by atoms with Crippen LogP contribution in [0, 0.1) is 19.1 Å². The Morgan fingerprint density at radius 2 is 2.05 bits per heavy atom. The number of rotatable bonds is 2. The van der Waals surface area contributed by atoms with Crippen LogP contribution in [-0.4, -0.2) is 21.3 Å². The van der Waals surface area contributed by atoms with Gasteiger partial charge in [-0.15, -0.1) is 0 Å². The lowest BCUT2D eigenvalue weighted by Crippen LogP contribution is -2.31. The SMILES string of the molecule is Cc1nc2c(C)[n+]([O-])c3ccccc3c2n1CCO. The van der Waals surface area contributed by atoms with Crippen LogP contribution in [0.3, 0.4) is 0 Å². The van der Waals surface area contributed by atoms with Crippen LogP contribution in [0.5, 0.6) is 0 Å². The van der Waals surface area contributed by atoms with E-state index in [9.17, 15) is 10.3 Å². The van der Waals surface area contributed by atoms with E-state index < -0.39 is 0 Å². The molecule has 98 valence electrons. The normalized spacial score (nSPS) is 11.5. The minimum Gasteiger partial charge on any atom is -0.618 e. The van der Waals surface area contributed by atoms with Crippen LogP contribution in [0.4, 0.5) is 0 Å². The Kier molecular flexibility index (Phi) is 2.64. The molecule has 3 rings (SSSR count). The molecule has 3 aromatic rings. The standard InChI is InChI=1S/C14H15N3O2/c1-9-13-14(16(7-8-18)10(2)15-13)11-5-3-4-6-12(11)17(9)19/h3-6,18H,7-8H2,1-2H3. The van der Waals surface area contributed by atoms with Crippen LogP contribution in [0.1, 0.15) is 11.5 Å². The van der Waals surface area contributed by atoms with E-state index in [0.29, 0.717) is 23.3 Å². The van der Waals surface area contributed by atoms with Crippen LogP contribution in [0.15, 0.2) is 24.3 Å². The summed E-state index contributed by atoms with van der Waals surface area (Å²) in [7, 11) is 0. The molecule has 0 unspecified atom stereocenters. The molecule has 0 atom stereocenters. The number of nitrogens with zero attached hydrogens (tertiary/aromatic N) is 3. The zero-order valence-electron chi connectivity index (χ0n) is 10.9. The maximum atomic E-state index is 12.2. The number of fused-ring (bicyclic) bond motifs is 3. The molecule has 1 aromatic carbocycles. The van der Waals surface area contributed by atoms with Crippen LogP contribution >= 0.6 is 0 Å². The van der Waals surface area contributed by atoms with Gasteiger partial charge in [0.2, 0.25) is 11.2 Å². The van der Waals surface area contributed by atoms with E-state index in [1.807, 2.05) is 29.7 Å². The quantitative estimate of drug-likeness (QED) is 0.558. The molecule has 5 heteroatoms. The van der Waals surface area contributed by atoms with Gasteiger partial charge in [0.25, 0.3) is 0 Å². The largest absolute Gasteiger partial charge is 0.618 e. The van der Waals surface area contributed by atoms with Crippen LogP contribution < -0.4 is 4.73 Å². The summed E-state index contributed by atoms with van der Waals surface area (Å²) in [6.07, 6.45) is 0. The first-order valence-corrected chi connectivity index (χ1v) is 6.23. The van der Waals surface area contributed by atoms with Gasteiger partial charge in [0.05, 0.1) is 17.5 Å². The monoisotopic (exact) mass is 257 g/mol. The van der Waals surface area contributed by atoms with Crippen LogP contribution in [0.25, 0.3) is 21.9 Å². The van der Waals surface area contributed by atoms with Gasteiger partial charge in [-0.3, -0.25) is 0 Å². The Labute approximate surface area is 110 Å². The number of aryl methyl sites for hydroxylation is 2. The van der Waals surface area contributed by atoms with Crippen molar-refractivity contribution in [3.8, 4) is 0 Å². The van der Waals surface area contributed by atoms with E-state index in [1.54, 1.807) is 13.0 Å². The molecule has 0 saturated carbocycles. The molecule has 0 amide bonds. The molecular weight excluding hydrogens is 242 g/mol. The van der Waals surface area contributed by atoms with E-state index in [4.69, 9.17) is 0 Å². The number of hydrogen-bond donors (Lipinski definition) is 1. The molecule has 0 aliphatic rings. The Morgan fingerprint density at radius 1 is 1.32 bits per heavy atom. The van der Waals surface area contributed by atoms with Crippen molar-refractivity contribution in [2.75, 3.05) is 6.61 Å². The van der Waals surface area contributed by atoms with Crippen molar-refractivity contribution in [3.63, 3.8) is 0 Å². The topological polar surface area (TPSA) is 65.0 Å². The smallest absolute Gasteiger partial charge is 0.226 e. The highest BCUT2D eigenvalue weighted by atomic mass is 16.5. The zero-order chi connectivity index (χ0) is 13.6. The Balaban J connectivity index is 2.56. The molecule has 0 saturated heterocycles. The summed E-state index contributed by atoms with van der Waals surface area (Å²) in [6, 6.07) is 7.48. The first-order chi connectivity index (χ1) is 9.15. The van der Waals surface area contributed by atoms with Crippen LogP contribution in [-0.2, 0) is 6.54 Å². The first kappa shape index (κ1) is 11.9. The van der Waals surface area contributed by atoms with Gasteiger partial charge in [-0.25, -0.2) is 4.98 Å². The van der Waals surface area contributed by atoms with Crippen molar-refractivity contribution < 1.29 is 9.84 Å². The molecule has 0 bridgehead atoms. The van der Waals surface area contributed by atoms with Gasteiger partial charge in [-0.2, -0.15) is 4.73 Å². The van der Waals surface area contributed by atoms with Crippen molar-refractivity contribution in [1.82, 2.24) is 9.55 Å². The molecule has 0 fully saturated rings. The summed E-state index contributed by atoms with van der Waals surface area (Å²) < 4.78 is 2.89. The molecule has 0 radical (unpaired) electrons. The van der Waals surface area contributed by atoms with E-state index in [0.717, 1.165) is 21.5 Å². The van der Waals surface area contributed by atoms with Crippen molar-refractivity contribution in [2.45, 2.75) is 20.4 Å². The summed E-state index contributed by atoms with van der Waals surface area (Å²) in [5.74, 6) is 0.809. The maximum absolute atomic E-state index is 12.2. The molecule has 2 aromatic heterocycles. The number of pyridine rings is 1. The highest BCUT2D eigenvalue weighted by Gasteiger charge is 2.20. The average molecular weight is 257 g/mol. The van der Waals surface area contributed by atoms with Gasteiger partial charge >= 0.3 is 0 Å². The molecular formula is C14H15N3O2. The summed E-state index contributed by atoms with van der Waals surface area (Å²) in [5, 5.41) is 22.3. The summed E-state index contributed by atoms with van der Waals surface area (Å²) >= 11 is 0. The lowest BCUT2D eigenvalue weighted by Gasteiger charge is -2.09. The summed E-state index contributed by atoms with van der Waals surface area (Å²) in [6.45, 7) is 4.19. The van der Waals surface area contributed by atoms with Gasteiger partial charge < -0.3 is 14.9 Å². The van der Waals surface area contributed by atoms with E-state index >= 15 is 0 Å². The minimum atomic E-state index is 0.0476. The van der Waals surface area contributed by atoms with Crippen LogP contribution in [0.2, 0.25) is 0 Å². The molecule has 2 heterocycles. The lowest BCUT2D eigenvalue weighted by atomic mass is 10.1. The highest BCUT2D eigenvalue weighted by molar-refractivity contribution is 6.01.